The van der Waals surface area contributed by atoms with Gasteiger partial charge < -0.3 is 9.88 Å². The molecule has 0 aliphatic heterocycles. The molecule has 3 rings (SSSR count). The SMILES string of the molecule is CC[C@H](NC(=O)c1c(C)n(CCSC)c(=O)c2ccccc12)c1ccccc1. The summed E-state index contributed by atoms with van der Waals surface area (Å²) < 4.78 is 1.73. The second kappa shape index (κ2) is 9.11. The first-order valence-corrected chi connectivity index (χ1v) is 10.9. The van der Waals surface area contributed by atoms with Gasteiger partial charge >= 0.3 is 0 Å². The van der Waals surface area contributed by atoms with Crippen molar-refractivity contribution in [2.24, 2.45) is 0 Å². The maximum Gasteiger partial charge on any atom is 0.258 e. The molecule has 0 aliphatic carbocycles. The molecule has 0 radical (unpaired) electrons. The van der Waals surface area contributed by atoms with Crippen LogP contribution in [0.5, 0.6) is 0 Å². The van der Waals surface area contributed by atoms with E-state index >= 15 is 0 Å². The van der Waals surface area contributed by atoms with Crippen LogP contribution in [-0.2, 0) is 6.54 Å². The molecule has 0 saturated carbocycles. The lowest BCUT2D eigenvalue weighted by Crippen LogP contribution is -2.32. The van der Waals surface area contributed by atoms with Crippen molar-refractivity contribution in [1.29, 1.82) is 0 Å². The van der Waals surface area contributed by atoms with Gasteiger partial charge in [-0.1, -0.05) is 55.5 Å². The second-order valence-electron chi connectivity index (χ2n) is 6.80. The Morgan fingerprint density at radius 3 is 2.36 bits per heavy atom. The molecule has 4 nitrogen and oxygen atoms in total. The molecular weight excluding hydrogens is 368 g/mol. The Morgan fingerprint density at radius 1 is 1.07 bits per heavy atom. The Hall–Kier alpha value is -2.53. The van der Waals surface area contributed by atoms with Crippen LogP contribution in [0.15, 0.2) is 59.4 Å². The Balaban J connectivity index is 2.08. The summed E-state index contributed by atoms with van der Waals surface area (Å²) in [5.41, 5.74) is 2.36. The highest BCUT2D eigenvalue weighted by atomic mass is 32.2. The molecule has 1 atom stereocenters. The molecule has 1 heterocycles. The molecule has 2 aromatic carbocycles. The zero-order valence-corrected chi connectivity index (χ0v) is 17.4. The number of amides is 1. The van der Waals surface area contributed by atoms with E-state index in [-0.39, 0.29) is 17.5 Å². The zero-order chi connectivity index (χ0) is 20.1. The molecule has 146 valence electrons. The number of aromatic nitrogens is 1. The number of hydrogen-bond acceptors (Lipinski definition) is 3. The van der Waals surface area contributed by atoms with E-state index < -0.39 is 0 Å². The number of benzene rings is 2. The number of nitrogens with zero attached hydrogens (tertiary/aromatic N) is 1. The van der Waals surface area contributed by atoms with Crippen LogP contribution in [-0.4, -0.2) is 22.5 Å². The van der Waals surface area contributed by atoms with Crippen LogP contribution < -0.4 is 10.9 Å². The summed E-state index contributed by atoms with van der Waals surface area (Å²) in [7, 11) is 0. The number of carbonyl (C=O) groups excluding carboxylic acids is 1. The minimum Gasteiger partial charge on any atom is -0.345 e. The highest BCUT2D eigenvalue weighted by Crippen LogP contribution is 2.22. The highest BCUT2D eigenvalue weighted by Gasteiger charge is 2.21. The van der Waals surface area contributed by atoms with E-state index in [1.54, 1.807) is 22.4 Å². The largest absolute Gasteiger partial charge is 0.345 e. The van der Waals surface area contributed by atoms with Crippen LogP contribution in [0.4, 0.5) is 0 Å². The molecule has 0 saturated heterocycles. The minimum atomic E-state index is -0.137. The molecule has 1 aromatic heterocycles. The van der Waals surface area contributed by atoms with E-state index in [9.17, 15) is 9.59 Å². The monoisotopic (exact) mass is 394 g/mol. The summed E-state index contributed by atoms with van der Waals surface area (Å²) >= 11 is 1.68. The third-order valence-corrected chi connectivity index (χ3v) is 5.69. The first-order chi connectivity index (χ1) is 13.6. The zero-order valence-electron chi connectivity index (χ0n) is 16.6. The van der Waals surface area contributed by atoms with Gasteiger partial charge in [0.05, 0.1) is 11.6 Å². The molecule has 1 N–H and O–H groups in total. The van der Waals surface area contributed by atoms with Crippen molar-refractivity contribution in [3.8, 4) is 0 Å². The van der Waals surface area contributed by atoms with E-state index in [2.05, 4.69) is 12.2 Å². The van der Waals surface area contributed by atoms with Crippen molar-refractivity contribution in [2.75, 3.05) is 12.0 Å². The van der Waals surface area contributed by atoms with Gasteiger partial charge in [0.2, 0.25) is 0 Å². The molecule has 0 fully saturated rings. The predicted molar refractivity (Wildman–Crippen MR) is 118 cm³/mol. The number of nitrogens with one attached hydrogen (secondary N) is 1. The van der Waals surface area contributed by atoms with Crippen LogP contribution in [0.1, 0.15) is 41.0 Å². The standard InChI is InChI=1S/C23H26N2O2S/c1-4-20(17-10-6-5-7-11-17)24-22(26)21-16(2)25(14-15-28-3)23(27)19-13-9-8-12-18(19)21/h5-13,20H,4,14-15H2,1-3H3,(H,24,26)/t20-/m0/s1. The molecule has 28 heavy (non-hydrogen) atoms. The van der Waals surface area contributed by atoms with Gasteiger partial charge in [-0.05, 0) is 31.2 Å². The van der Waals surface area contributed by atoms with Crippen LogP contribution in [0.25, 0.3) is 10.8 Å². The molecule has 0 spiro atoms. The normalized spacial score (nSPS) is 12.1. The van der Waals surface area contributed by atoms with E-state index in [1.165, 1.54) is 0 Å². The van der Waals surface area contributed by atoms with Crippen LogP contribution in [0, 0.1) is 6.92 Å². The van der Waals surface area contributed by atoms with E-state index in [1.807, 2.05) is 61.7 Å². The van der Waals surface area contributed by atoms with Crippen molar-refractivity contribution >= 4 is 28.4 Å². The average Bonchev–Trinajstić information content (AvgIpc) is 2.72. The van der Waals surface area contributed by atoms with Gasteiger partial charge in [0.25, 0.3) is 11.5 Å². The van der Waals surface area contributed by atoms with Crippen LogP contribution >= 0.6 is 11.8 Å². The number of carbonyl (C=O) groups is 1. The summed E-state index contributed by atoms with van der Waals surface area (Å²) in [4.78, 5) is 26.3. The van der Waals surface area contributed by atoms with Gasteiger partial charge in [-0.3, -0.25) is 9.59 Å². The fraction of sp³-hybridized carbons (Fsp3) is 0.304. The van der Waals surface area contributed by atoms with Crippen LogP contribution in [0.3, 0.4) is 0 Å². The number of thioether (sulfide) groups is 1. The van der Waals surface area contributed by atoms with Crippen molar-refractivity contribution in [3.05, 3.63) is 81.8 Å². The quantitative estimate of drug-likeness (QED) is 0.639. The lowest BCUT2D eigenvalue weighted by Gasteiger charge is -2.21. The molecule has 5 heteroatoms. The van der Waals surface area contributed by atoms with E-state index in [4.69, 9.17) is 0 Å². The average molecular weight is 395 g/mol. The van der Waals surface area contributed by atoms with Gasteiger partial charge in [0.1, 0.15) is 0 Å². The predicted octanol–water partition coefficient (Wildman–Crippen LogP) is 4.55. The topological polar surface area (TPSA) is 51.1 Å². The number of rotatable bonds is 7. The van der Waals surface area contributed by atoms with Gasteiger partial charge in [-0.2, -0.15) is 11.8 Å². The van der Waals surface area contributed by atoms with Crippen LogP contribution in [0.2, 0.25) is 0 Å². The minimum absolute atomic E-state index is 0.0335. The second-order valence-corrected chi connectivity index (χ2v) is 7.79. The third kappa shape index (κ3) is 3.99. The summed E-state index contributed by atoms with van der Waals surface area (Å²) in [5, 5.41) is 4.48. The molecule has 0 unspecified atom stereocenters. The van der Waals surface area contributed by atoms with Gasteiger partial charge in [0.15, 0.2) is 0 Å². The van der Waals surface area contributed by atoms with Gasteiger partial charge in [0, 0.05) is 28.8 Å². The Kier molecular flexibility index (Phi) is 6.57. The fourth-order valence-corrected chi connectivity index (χ4v) is 3.96. The lowest BCUT2D eigenvalue weighted by atomic mass is 10.0. The van der Waals surface area contributed by atoms with Crippen molar-refractivity contribution in [2.45, 2.75) is 32.9 Å². The summed E-state index contributed by atoms with van der Waals surface area (Å²) in [6, 6.07) is 17.3. The lowest BCUT2D eigenvalue weighted by molar-refractivity contribution is 0.0935. The summed E-state index contributed by atoms with van der Waals surface area (Å²) in [6.07, 6.45) is 2.81. The third-order valence-electron chi connectivity index (χ3n) is 5.10. The fourth-order valence-electron chi connectivity index (χ4n) is 3.59. The van der Waals surface area contributed by atoms with E-state index in [0.717, 1.165) is 23.4 Å². The first kappa shape index (κ1) is 20.2. The smallest absolute Gasteiger partial charge is 0.258 e. The molecular formula is C23H26N2O2S. The number of fused-ring (bicyclic) bond motifs is 1. The molecule has 0 bridgehead atoms. The summed E-state index contributed by atoms with van der Waals surface area (Å²) in [6.45, 7) is 4.52. The first-order valence-electron chi connectivity index (χ1n) is 9.55. The van der Waals surface area contributed by atoms with Crippen molar-refractivity contribution in [3.63, 3.8) is 0 Å². The molecule has 0 aliphatic rings. The Bertz CT molecular complexity index is 1030. The Morgan fingerprint density at radius 2 is 1.71 bits per heavy atom. The number of pyridine rings is 1. The Labute approximate surface area is 170 Å². The maximum atomic E-state index is 13.3. The summed E-state index contributed by atoms with van der Waals surface area (Å²) in [5.74, 6) is 0.684. The molecule has 3 aromatic rings. The van der Waals surface area contributed by atoms with Gasteiger partial charge in [-0.25, -0.2) is 0 Å². The van der Waals surface area contributed by atoms with E-state index in [0.29, 0.717) is 22.9 Å². The van der Waals surface area contributed by atoms with Crippen molar-refractivity contribution in [1.82, 2.24) is 9.88 Å². The molecule has 1 amide bonds. The maximum absolute atomic E-state index is 13.3. The van der Waals surface area contributed by atoms with Crippen molar-refractivity contribution < 1.29 is 4.79 Å². The highest BCUT2D eigenvalue weighted by molar-refractivity contribution is 7.98. The number of hydrogen-bond donors (Lipinski definition) is 1. The van der Waals surface area contributed by atoms with Gasteiger partial charge in [-0.15, -0.1) is 0 Å².